The van der Waals surface area contributed by atoms with Crippen molar-refractivity contribution in [1.82, 2.24) is 25.6 Å². The van der Waals surface area contributed by atoms with Crippen molar-refractivity contribution in [2.24, 2.45) is 0 Å². The number of aromatic nitrogens is 3. The summed E-state index contributed by atoms with van der Waals surface area (Å²) in [6.45, 7) is 4.20. The summed E-state index contributed by atoms with van der Waals surface area (Å²) in [6, 6.07) is 9.66. The summed E-state index contributed by atoms with van der Waals surface area (Å²) in [7, 11) is 0. The van der Waals surface area contributed by atoms with Crippen molar-refractivity contribution in [1.29, 1.82) is 0 Å². The minimum Gasteiger partial charge on any atom is -0.348 e. The van der Waals surface area contributed by atoms with Gasteiger partial charge < -0.3 is 16.0 Å². The number of benzene rings is 1. The van der Waals surface area contributed by atoms with Gasteiger partial charge in [0.15, 0.2) is 0 Å². The fourth-order valence-corrected chi connectivity index (χ4v) is 3.31. The first-order valence-electron chi connectivity index (χ1n) is 9.30. The Morgan fingerprint density at radius 1 is 1.11 bits per heavy atom. The van der Waals surface area contributed by atoms with Crippen LogP contribution in [0.25, 0.3) is 0 Å². The molecule has 3 N–H and O–H groups in total. The molecule has 7 nitrogen and oxygen atoms in total. The van der Waals surface area contributed by atoms with Crippen molar-refractivity contribution in [3.05, 3.63) is 76.9 Å². The Hall–Kier alpha value is -3.32. The Morgan fingerprint density at radius 3 is 2.68 bits per heavy atom. The minimum atomic E-state index is -0.197. The second kappa shape index (κ2) is 8.14. The van der Waals surface area contributed by atoms with E-state index in [1.54, 1.807) is 0 Å². The molecule has 7 heteroatoms. The molecule has 0 spiro atoms. The summed E-state index contributed by atoms with van der Waals surface area (Å²) in [4.78, 5) is 25.5. The van der Waals surface area contributed by atoms with E-state index in [4.69, 9.17) is 0 Å². The van der Waals surface area contributed by atoms with E-state index in [1.165, 1.54) is 23.5 Å². The number of para-hydroxylation sites is 1. The Labute approximate surface area is 163 Å². The van der Waals surface area contributed by atoms with Gasteiger partial charge in [0.25, 0.3) is 5.91 Å². The zero-order chi connectivity index (χ0) is 19.3. The van der Waals surface area contributed by atoms with E-state index in [0.29, 0.717) is 18.1 Å². The summed E-state index contributed by atoms with van der Waals surface area (Å²) in [5.74, 6) is 0.254. The van der Waals surface area contributed by atoms with Crippen LogP contribution in [-0.2, 0) is 19.5 Å². The first-order valence-corrected chi connectivity index (χ1v) is 9.30. The lowest BCUT2D eigenvalue weighted by molar-refractivity contribution is 0.0950. The van der Waals surface area contributed by atoms with E-state index in [1.807, 2.05) is 43.5 Å². The SMILES string of the molecule is Cc1ncc2c(c1CNC(=O)c1cnc(Nc3ccccc3)nc1)CCNC2. The first-order chi connectivity index (χ1) is 13.7. The van der Waals surface area contributed by atoms with Crippen molar-refractivity contribution < 1.29 is 4.79 Å². The number of pyridine rings is 1. The lowest BCUT2D eigenvalue weighted by Crippen LogP contribution is -2.29. The number of nitrogens with one attached hydrogen (secondary N) is 3. The van der Waals surface area contributed by atoms with E-state index >= 15 is 0 Å². The molecule has 0 saturated heterocycles. The molecule has 0 fully saturated rings. The van der Waals surface area contributed by atoms with Crippen LogP contribution in [0.5, 0.6) is 0 Å². The van der Waals surface area contributed by atoms with Gasteiger partial charge in [-0.2, -0.15) is 0 Å². The number of rotatable bonds is 5. The van der Waals surface area contributed by atoms with E-state index < -0.39 is 0 Å². The van der Waals surface area contributed by atoms with Gasteiger partial charge in [-0.25, -0.2) is 9.97 Å². The van der Waals surface area contributed by atoms with E-state index in [-0.39, 0.29) is 5.91 Å². The lowest BCUT2D eigenvalue weighted by atomic mass is 9.96. The van der Waals surface area contributed by atoms with Crippen molar-refractivity contribution in [2.75, 3.05) is 11.9 Å². The maximum atomic E-state index is 12.5. The Morgan fingerprint density at radius 2 is 1.89 bits per heavy atom. The molecule has 0 atom stereocenters. The summed E-state index contributed by atoms with van der Waals surface area (Å²) >= 11 is 0. The van der Waals surface area contributed by atoms with Crippen LogP contribution < -0.4 is 16.0 Å². The predicted octanol–water partition coefficient (Wildman–Crippen LogP) is 2.50. The van der Waals surface area contributed by atoms with E-state index in [9.17, 15) is 4.79 Å². The van der Waals surface area contributed by atoms with E-state index in [2.05, 4.69) is 30.9 Å². The smallest absolute Gasteiger partial charge is 0.254 e. The highest BCUT2D eigenvalue weighted by Gasteiger charge is 2.16. The largest absolute Gasteiger partial charge is 0.348 e. The van der Waals surface area contributed by atoms with Gasteiger partial charge in [-0.3, -0.25) is 9.78 Å². The van der Waals surface area contributed by atoms with Crippen LogP contribution in [0.1, 0.15) is 32.7 Å². The van der Waals surface area contributed by atoms with Crippen LogP contribution in [0.4, 0.5) is 11.6 Å². The molecular weight excluding hydrogens is 352 g/mol. The number of hydrogen-bond acceptors (Lipinski definition) is 6. The Kier molecular flexibility index (Phi) is 5.25. The fourth-order valence-electron chi connectivity index (χ4n) is 3.31. The highest BCUT2D eigenvalue weighted by Crippen LogP contribution is 2.20. The van der Waals surface area contributed by atoms with E-state index in [0.717, 1.165) is 36.5 Å². The number of anilines is 2. The molecule has 3 heterocycles. The number of nitrogens with zero attached hydrogens (tertiary/aromatic N) is 3. The van der Waals surface area contributed by atoms with Gasteiger partial charge >= 0.3 is 0 Å². The van der Waals surface area contributed by atoms with Gasteiger partial charge in [0.2, 0.25) is 5.95 Å². The molecule has 1 aromatic carbocycles. The van der Waals surface area contributed by atoms with Crippen molar-refractivity contribution in [2.45, 2.75) is 26.4 Å². The normalized spacial score (nSPS) is 12.9. The molecule has 3 aromatic rings. The minimum absolute atomic E-state index is 0.197. The predicted molar refractivity (Wildman–Crippen MR) is 107 cm³/mol. The molecule has 0 saturated carbocycles. The zero-order valence-corrected chi connectivity index (χ0v) is 15.7. The monoisotopic (exact) mass is 374 g/mol. The molecule has 142 valence electrons. The van der Waals surface area contributed by atoms with Gasteiger partial charge in [0.05, 0.1) is 5.56 Å². The van der Waals surface area contributed by atoms with Gasteiger partial charge in [-0.1, -0.05) is 18.2 Å². The van der Waals surface area contributed by atoms with Crippen LogP contribution >= 0.6 is 0 Å². The summed E-state index contributed by atoms with van der Waals surface area (Å²) in [5.41, 5.74) is 5.89. The maximum absolute atomic E-state index is 12.5. The second-order valence-electron chi connectivity index (χ2n) is 6.72. The number of amides is 1. The van der Waals surface area contributed by atoms with Gasteiger partial charge in [0.1, 0.15) is 0 Å². The number of carbonyl (C=O) groups excluding carboxylic acids is 1. The molecule has 1 aliphatic heterocycles. The Bertz CT molecular complexity index is 972. The maximum Gasteiger partial charge on any atom is 0.254 e. The molecule has 4 rings (SSSR count). The summed E-state index contributed by atoms with van der Waals surface area (Å²) in [6.07, 6.45) is 5.94. The molecule has 0 aliphatic carbocycles. The van der Waals surface area contributed by atoms with Crippen molar-refractivity contribution in [3.8, 4) is 0 Å². The quantitative estimate of drug-likeness (QED) is 0.636. The average Bonchev–Trinajstić information content (AvgIpc) is 2.74. The second-order valence-corrected chi connectivity index (χ2v) is 6.72. The third-order valence-corrected chi connectivity index (χ3v) is 4.84. The fraction of sp³-hybridized carbons (Fsp3) is 0.238. The summed E-state index contributed by atoms with van der Waals surface area (Å²) in [5, 5.41) is 9.43. The number of carbonyl (C=O) groups is 1. The first kappa shape index (κ1) is 18.1. The topological polar surface area (TPSA) is 91.8 Å². The van der Waals surface area contributed by atoms with Crippen molar-refractivity contribution in [3.63, 3.8) is 0 Å². The molecule has 1 aliphatic rings. The number of aryl methyl sites for hydroxylation is 1. The van der Waals surface area contributed by atoms with Crippen LogP contribution in [0.3, 0.4) is 0 Å². The van der Waals surface area contributed by atoms with Crippen LogP contribution in [0.2, 0.25) is 0 Å². The molecule has 28 heavy (non-hydrogen) atoms. The standard InChI is InChI=1S/C21H22N6O/c1-14-19(18-7-8-22-9-15(18)10-23-14)13-24-20(28)16-11-25-21(26-12-16)27-17-5-3-2-4-6-17/h2-6,10-12,22H,7-9,13H2,1H3,(H,24,28)(H,25,26,27). The average molecular weight is 374 g/mol. The Balaban J connectivity index is 1.42. The summed E-state index contributed by atoms with van der Waals surface area (Å²) < 4.78 is 0. The third-order valence-electron chi connectivity index (χ3n) is 4.84. The van der Waals surface area contributed by atoms with Crippen LogP contribution in [-0.4, -0.2) is 27.4 Å². The number of fused-ring (bicyclic) bond motifs is 1. The zero-order valence-electron chi connectivity index (χ0n) is 15.7. The van der Waals surface area contributed by atoms with Crippen LogP contribution in [0.15, 0.2) is 48.9 Å². The van der Waals surface area contributed by atoms with Crippen LogP contribution in [0, 0.1) is 6.92 Å². The molecule has 0 bridgehead atoms. The van der Waals surface area contributed by atoms with Gasteiger partial charge in [-0.15, -0.1) is 0 Å². The molecule has 0 unspecified atom stereocenters. The molecule has 2 aromatic heterocycles. The highest BCUT2D eigenvalue weighted by molar-refractivity contribution is 5.93. The molecule has 1 amide bonds. The third kappa shape index (κ3) is 3.99. The number of hydrogen-bond donors (Lipinski definition) is 3. The van der Waals surface area contributed by atoms with Gasteiger partial charge in [-0.05, 0) is 48.7 Å². The molecular formula is C21H22N6O. The lowest BCUT2D eigenvalue weighted by Gasteiger charge is -2.21. The highest BCUT2D eigenvalue weighted by atomic mass is 16.1. The van der Waals surface area contributed by atoms with Crippen molar-refractivity contribution >= 4 is 17.5 Å². The van der Waals surface area contributed by atoms with Gasteiger partial charge in [0, 0.05) is 43.1 Å². The molecule has 0 radical (unpaired) electrons.